The van der Waals surface area contributed by atoms with Gasteiger partial charge in [0.15, 0.2) is 0 Å². The van der Waals surface area contributed by atoms with Crippen LogP contribution in [-0.2, 0) is 4.79 Å². The fourth-order valence-corrected chi connectivity index (χ4v) is 5.36. The molecule has 2 aromatic heterocycles. The number of rotatable bonds is 1. The lowest BCUT2D eigenvalue weighted by Gasteiger charge is -2.41. The molecule has 0 unspecified atom stereocenters. The third-order valence-corrected chi connectivity index (χ3v) is 6.41. The van der Waals surface area contributed by atoms with Gasteiger partial charge in [-0.1, -0.05) is 32.1 Å². The van der Waals surface area contributed by atoms with Crippen LogP contribution in [0.25, 0.3) is 10.9 Å². The molecular formula is C22H20N2OS. The van der Waals surface area contributed by atoms with Crippen molar-refractivity contribution >= 4 is 33.7 Å². The molecule has 1 N–H and O–H groups in total. The first kappa shape index (κ1) is 15.8. The van der Waals surface area contributed by atoms with E-state index in [1.54, 1.807) is 11.3 Å². The Labute approximate surface area is 156 Å². The molecule has 3 nitrogen and oxygen atoms in total. The molecule has 1 aliphatic heterocycles. The van der Waals surface area contributed by atoms with Crippen LogP contribution in [0.1, 0.15) is 36.6 Å². The summed E-state index contributed by atoms with van der Waals surface area (Å²) in [5.74, 6) is 0.235. The highest BCUT2D eigenvalue weighted by atomic mass is 32.1. The highest BCUT2D eigenvalue weighted by Gasteiger charge is 2.44. The van der Waals surface area contributed by atoms with Gasteiger partial charge in [0, 0.05) is 40.2 Å². The summed E-state index contributed by atoms with van der Waals surface area (Å²) in [5.41, 5.74) is 4.22. The highest BCUT2D eigenvalue weighted by molar-refractivity contribution is 7.10. The van der Waals surface area contributed by atoms with Crippen molar-refractivity contribution in [3.05, 3.63) is 70.2 Å². The predicted molar refractivity (Wildman–Crippen MR) is 107 cm³/mol. The fourth-order valence-electron chi connectivity index (χ4n) is 4.49. The second-order valence-corrected chi connectivity index (χ2v) is 8.90. The number of carbonyl (C=O) groups excluding carboxylic acids is 1. The second-order valence-electron chi connectivity index (χ2n) is 7.92. The van der Waals surface area contributed by atoms with E-state index in [-0.39, 0.29) is 17.3 Å². The van der Waals surface area contributed by atoms with Gasteiger partial charge in [0.05, 0.1) is 11.4 Å². The number of pyridine rings is 1. The number of fused-ring (bicyclic) bond motifs is 4. The summed E-state index contributed by atoms with van der Waals surface area (Å²) in [4.78, 5) is 19.0. The number of anilines is 1. The van der Waals surface area contributed by atoms with Crippen molar-refractivity contribution in [3.8, 4) is 0 Å². The van der Waals surface area contributed by atoms with Crippen molar-refractivity contribution in [1.82, 2.24) is 4.98 Å². The van der Waals surface area contributed by atoms with Crippen molar-refractivity contribution in [2.45, 2.75) is 26.2 Å². The molecule has 130 valence electrons. The summed E-state index contributed by atoms with van der Waals surface area (Å²) in [6.07, 6.45) is 4.67. The molecule has 0 saturated carbocycles. The van der Waals surface area contributed by atoms with E-state index in [2.05, 4.69) is 65.9 Å². The molecule has 26 heavy (non-hydrogen) atoms. The number of benzene rings is 1. The van der Waals surface area contributed by atoms with Gasteiger partial charge in [-0.2, -0.15) is 0 Å². The third-order valence-electron chi connectivity index (χ3n) is 5.46. The van der Waals surface area contributed by atoms with Gasteiger partial charge in [0.1, 0.15) is 5.78 Å². The number of allylic oxidation sites excluding steroid dienone is 2. The summed E-state index contributed by atoms with van der Waals surface area (Å²) >= 11 is 1.73. The van der Waals surface area contributed by atoms with Gasteiger partial charge in [-0.15, -0.1) is 11.3 Å². The zero-order chi connectivity index (χ0) is 17.9. The molecular weight excluding hydrogens is 340 g/mol. The average molecular weight is 360 g/mol. The minimum atomic E-state index is -0.139. The number of hydrogen-bond donors (Lipinski definition) is 1. The van der Waals surface area contributed by atoms with Crippen molar-refractivity contribution in [2.75, 3.05) is 5.32 Å². The zero-order valence-electron chi connectivity index (χ0n) is 14.8. The number of thiophene rings is 1. The smallest absolute Gasteiger partial charge is 0.143 e. The van der Waals surface area contributed by atoms with Crippen LogP contribution in [-0.4, -0.2) is 10.8 Å². The van der Waals surface area contributed by atoms with Crippen LogP contribution >= 0.6 is 11.3 Å². The minimum Gasteiger partial charge on any atom is -0.358 e. The normalized spacial score (nSPS) is 23.8. The standard InChI is InChI=1S/C22H20N2OS/c1-22(2)11-16-20(17(25)12-22)21(18-6-4-10-26-18)19-13-5-3-9-23-14(13)7-8-15(19)24-16/h3-11,20-21,24H,12H2,1-2H3/t20-,21+/m1/s1. The van der Waals surface area contributed by atoms with Gasteiger partial charge in [0.2, 0.25) is 0 Å². The van der Waals surface area contributed by atoms with Gasteiger partial charge in [-0.25, -0.2) is 0 Å². The first-order chi connectivity index (χ1) is 12.5. The largest absolute Gasteiger partial charge is 0.358 e. The van der Waals surface area contributed by atoms with Crippen molar-refractivity contribution < 1.29 is 4.79 Å². The van der Waals surface area contributed by atoms with E-state index in [0.29, 0.717) is 12.2 Å². The van der Waals surface area contributed by atoms with Gasteiger partial charge in [-0.3, -0.25) is 9.78 Å². The molecule has 3 aromatic rings. The van der Waals surface area contributed by atoms with Crippen LogP contribution in [0.5, 0.6) is 0 Å². The number of carbonyl (C=O) groups is 1. The maximum Gasteiger partial charge on any atom is 0.143 e. The number of ketones is 1. The van der Waals surface area contributed by atoms with E-state index in [1.165, 1.54) is 10.4 Å². The molecule has 0 fully saturated rings. The van der Waals surface area contributed by atoms with Crippen molar-refractivity contribution in [1.29, 1.82) is 0 Å². The van der Waals surface area contributed by atoms with E-state index < -0.39 is 0 Å². The van der Waals surface area contributed by atoms with E-state index in [0.717, 1.165) is 22.3 Å². The molecule has 0 spiro atoms. The van der Waals surface area contributed by atoms with Crippen molar-refractivity contribution in [2.24, 2.45) is 11.3 Å². The Hall–Kier alpha value is -2.46. The lowest BCUT2D eigenvalue weighted by Crippen LogP contribution is -2.38. The molecule has 1 aliphatic carbocycles. The third kappa shape index (κ3) is 2.32. The molecule has 0 amide bonds. The van der Waals surface area contributed by atoms with Gasteiger partial charge in [0.25, 0.3) is 0 Å². The minimum absolute atomic E-state index is 0.0500. The highest BCUT2D eigenvalue weighted by Crippen LogP contribution is 2.51. The molecule has 5 rings (SSSR count). The van der Waals surface area contributed by atoms with E-state index in [4.69, 9.17) is 0 Å². The molecule has 2 aliphatic rings. The Morgan fingerprint density at radius 3 is 2.85 bits per heavy atom. The summed E-state index contributed by atoms with van der Waals surface area (Å²) in [6, 6.07) is 12.5. The van der Waals surface area contributed by atoms with Crippen LogP contribution in [0.2, 0.25) is 0 Å². The monoisotopic (exact) mass is 360 g/mol. The van der Waals surface area contributed by atoms with Crippen LogP contribution in [0.4, 0.5) is 5.69 Å². The summed E-state index contributed by atoms with van der Waals surface area (Å²) in [7, 11) is 0. The average Bonchev–Trinajstić information content (AvgIpc) is 3.13. The number of hydrogen-bond acceptors (Lipinski definition) is 4. The summed E-state index contributed by atoms with van der Waals surface area (Å²) in [6.45, 7) is 4.27. The summed E-state index contributed by atoms with van der Waals surface area (Å²) in [5, 5.41) is 6.82. The number of nitrogens with one attached hydrogen (secondary N) is 1. The zero-order valence-corrected chi connectivity index (χ0v) is 15.6. The number of Topliss-reactive ketones (excluding diaryl/α,β-unsaturated/α-hetero) is 1. The van der Waals surface area contributed by atoms with E-state index in [9.17, 15) is 4.79 Å². The fraction of sp³-hybridized carbons (Fsp3) is 0.273. The SMILES string of the molecule is CC1(C)C=C2Nc3ccc4ncccc4c3[C@H](c3cccs3)[C@H]2C(=O)C1. The van der Waals surface area contributed by atoms with Crippen LogP contribution in [0.3, 0.4) is 0 Å². The van der Waals surface area contributed by atoms with Gasteiger partial charge in [-0.05, 0) is 40.6 Å². The summed E-state index contributed by atoms with van der Waals surface area (Å²) < 4.78 is 0. The molecule has 2 atom stereocenters. The Kier molecular flexibility index (Phi) is 3.35. The maximum atomic E-state index is 13.2. The molecule has 0 bridgehead atoms. The molecule has 4 heteroatoms. The van der Waals surface area contributed by atoms with Crippen LogP contribution in [0.15, 0.2) is 59.7 Å². The predicted octanol–water partition coefficient (Wildman–Crippen LogP) is 5.35. The molecule has 1 aromatic carbocycles. The lowest BCUT2D eigenvalue weighted by atomic mass is 9.67. The molecule has 3 heterocycles. The van der Waals surface area contributed by atoms with E-state index >= 15 is 0 Å². The first-order valence-corrected chi connectivity index (χ1v) is 9.85. The maximum absolute atomic E-state index is 13.2. The Morgan fingerprint density at radius 2 is 2.04 bits per heavy atom. The first-order valence-electron chi connectivity index (χ1n) is 8.97. The Morgan fingerprint density at radius 1 is 1.15 bits per heavy atom. The van der Waals surface area contributed by atoms with Crippen LogP contribution in [0, 0.1) is 11.3 Å². The number of aromatic nitrogens is 1. The Bertz CT molecular complexity index is 1050. The molecule has 0 radical (unpaired) electrons. The quantitative estimate of drug-likeness (QED) is 0.636. The Balaban J connectivity index is 1.83. The van der Waals surface area contributed by atoms with Crippen molar-refractivity contribution in [3.63, 3.8) is 0 Å². The van der Waals surface area contributed by atoms with Gasteiger partial charge < -0.3 is 5.32 Å². The lowest BCUT2D eigenvalue weighted by molar-refractivity contribution is -0.124. The van der Waals surface area contributed by atoms with E-state index in [1.807, 2.05) is 12.3 Å². The topological polar surface area (TPSA) is 42.0 Å². The number of nitrogens with zero attached hydrogens (tertiary/aromatic N) is 1. The van der Waals surface area contributed by atoms with Gasteiger partial charge >= 0.3 is 0 Å². The second kappa shape index (κ2) is 5.52. The molecule has 0 saturated heterocycles. The van der Waals surface area contributed by atoms with Crippen LogP contribution < -0.4 is 5.32 Å².